The Labute approximate surface area is 56.8 Å². The van der Waals surface area contributed by atoms with Crippen molar-refractivity contribution in [2.45, 2.75) is 39.4 Å². The molecule has 1 N–H and O–H groups in total. The highest BCUT2D eigenvalue weighted by atomic mass is 16.6. The van der Waals surface area contributed by atoms with Crippen LogP contribution in [0.1, 0.15) is 33.1 Å². The monoisotopic (exact) mass is 132 g/mol. The molecule has 0 unspecified atom stereocenters. The highest BCUT2D eigenvalue weighted by Gasteiger charge is 1.96. The molecule has 0 radical (unpaired) electrons. The molecule has 0 saturated carbocycles. The lowest BCUT2D eigenvalue weighted by Crippen LogP contribution is -2.10. The first-order chi connectivity index (χ1) is 4.31. The first kappa shape index (κ1) is 8.92. The van der Waals surface area contributed by atoms with E-state index >= 15 is 0 Å². The Morgan fingerprint density at radius 2 is 2.11 bits per heavy atom. The lowest BCUT2D eigenvalue weighted by Gasteiger charge is -2.07. The van der Waals surface area contributed by atoms with Crippen LogP contribution in [0.15, 0.2) is 0 Å². The van der Waals surface area contributed by atoms with Gasteiger partial charge in [-0.2, -0.15) is 0 Å². The van der Waals surface area contributed by atoms with Gasteiger partial charge in [-0.15, -0.1) is 0 Å². The van der Waals surface area contributed by atoms with Gasteiger partial charge in [0.2, 0.25) is 0 Å². The number of unbranched alkanes of at least 4 members (excludes halogenated alkanes) is 1. The second kappa shape index (κ2) is 6.05. The third-order valence-corrected chi connectivity index (χ3v) is 1.16. The number of aliphatic hydroxyl groups excluding tert-OH is 1. The Hall–Kier alpha value is -0.0800. The summed E-state index contributed by atoms with van der Waals surface area (Å²) in [4.78, 5) is 0. The minimum absolute atomic E-state index is 0.545. The molecule has 2 nitrogen and oxygen atoms in total. The van der Waals surface area contributed by atoms with Gasteiger partial charge in [0.25, 0.3) is 0 Å². The summed E-state index contributed by atoms with van der Waals surface area (Å²) >= 11 is 0. The van der Waals surface area contributed by atoms with E-state index in [-0.39, 0.29) is 0 Å². The summed E-state index contributed by atoms with van der Waals surface area (Å²) in [5.74, 6) is 0. The maximum atomic E-state index is 8.86. The molecule has 56 valence electrons. The predicted octanol–water partition coefficient (Wildman–Crippen LogP) is 1.53. The fourth-order valence-electron chi connectivity index (χ4n) is 0.482. The smallest absolute Gasteiger partial charge is 0.154 e. The Morgan fingerprint density at radius 3 is 2.56 bits per heavy atom. The predicted molar refractivity (Wildman–Crippen MR) is 37.2 cm³/mol. The zero-order valence-corrected chi connectivity index (χ0v) is 6.26. The molecular weight excluding hydrogens is 116 g/mol. The summed E-state index contributed by atoms with van der Waals surface area (Å²) in [6.45, 7) is 4.68. The van der Waals surface area contributed by atoms with Crippen LogP contribution in [-0.2, 0) is 4.74 Å². The van der Waals surface area contributed by atoms with Crippen LogP contribution in [0.5, 0.6) is 0 Å². The van der Waals surface area contributed by atoms with Crippen molar-refractivity contribution in [1.82, 2.24) is 0 Å². The van der Waals surface area contributed by atoms with Crippen LogP contribution in [0, 0.1) is 0 Å². The molecule has 0 aliphatic rings. The third kappa shape index (κ3) is 5.80. The van der Waals surface area contributed by atoms with E-state index in [1.165, 1.54) is 0 Å². The molecule has 2 heteroatoms. The van der Waals surface area contributed by atoms with Crippen molar-refractivity contribution in [3.63, 3.8) is 0 Å². The van der Waals surface area contributed by atoms with Crippen LogP contribution in [0.3, 0.4) is 0 Å². The summed E-state index contributed by atoms with van der Waals surface area (Å²) in [6.07, 6.45) is 2.30. The standard InChI is InChI=1S/C7H16O2/c1-3-5-6-9-7(8)4-2/h7-8H,3-6H2,1-2H3/t7-/m1/s1. The molecule has 0 aromatic rings. The van der Waals surface area contributed by atoms with Crippen molar-refractivity contribution >= 4 is 0 Å². The van der Waals surface area contributed by atoms with Crippen molar-refractivity contribution in [3.8, 4) is 0 Å². The maximum absolute atomic E-state index is 8.86. The number of hydrogen-bond donors (Lipinski definition) is 1. The molecule has 9 heavy (non-hydrogen) atoms. The van der Waals surface area contributed by atoms with E-state index in [2.05, 4.69) is 6.92 Å². The zero-order valence-electron chi connectivity index (χ0n) is 6.26. The SMILES string of the molecule is CCCCO[C@@H](O)CC. The second-order valence-corrected chi connectivity index (χ2v) is 2.09. The van der Waals surface area contributed by atoms with Crippen LogP contribution in [-0.4, -0.2) is 18.0 Å². The summed E-state index contributed by atoms with van der Waals surface area (Å²) in [5, 5.41) is 8.86. The molecular formula is C7H16O2. The van der Waals surface area contributed by atoms with Crippen molar-refractivity contribution in [2.75, 3.05) is 6.61 Å². The Kier molecular flexibility index (Phi) is 5.99. The number of rotatable bonds is 5. The molecule has 0 spiro atoms. The first-order valence-electron chi connectivity index (χ1n) is 3.61. The first-order valence-corrected chi connectivity index (χ1v) is 3.61. The van der Waals surface area contributed by atoms with Gasteiger partial charge in [0.05, 0.1) is 0 Å². The highest BCUT2D eigenvalue weighted by Crippen LogP contribution is 1.95. The van der Waals surface area contributed by atoms with Crippen LogP contribution in [0.2, 0.25) is 0 Å². The molecule has 0 aliphatic carbocycles. The molecule has 0 aromatic carbocycles. The van der Waals surface area contributed by atoms with E-state index in [4.69, 9.17) is 9.84 Å². The van der Waals surface area contributed by atoms with Gasteiger partial charge < -0.3 is 9.84 Å². The lowest BCUT2D eigenvalue weighted by molar-refractivity contribution is -0.101. The maximum Gasteiger partial charge on any atom is 0.154 e. The molecule has 0 bridgehead atoms. The van der Waals surface area contributed by atoms with Crippen molar-refractivity contribution in [3.05, 3.63) is 0 Å². The number of ether oxygens (including phenoxy) is 1. The van der Waals surface area contributed by atoms with Gasteiger partial charge >= 0.3 is 0 Å². The van der Waals surface area contributed by atoms with Crippen LogP contribution in [0.25, 0.3) is 0 Å². The lowest BCUT2D eigenvalue weighted by atomic mass is 10.4. The van der Waals surface area contributed by atoms with Gasteiger partial charge in [-0.1, -0.05) is 20.3 Å². The minimum Gasteiger partial charge on any atom is -0.368 e. The minimum atomic E-state index is -0.545. The molecule has 1 atom stereocenters. The highest BCUT2D eigenvalue weighted by molar-refractivity contribution is 4.35. The van der Waals surface area contributed by atoms with Crippen LogP contribution < -0.4 is 0 Å². The van der Waals surface area contributed by atoms with Gasteiger partial charge in [-0.3, -0.25) is 0 Å². The summed E-state index contributed by atoms with van der Waals surface area (Å²) in [7, 11) is 0. The third-order valence-electron chi connectivity index (χ3n) is 1.16. The molecule has 0 aliphatic heterocycles. The Bertz CT molecular complexity index is 54.9. The van der Waals surface area contributed by atoms with E-state index in [0.717, 1.165) is 12.8 Å². The van der Waals surface area contributed by atoms with Crippen molar-refractivity contribution in [2.24, 2.45) is 0 Å². The number of hydrogen-bond acceptors (Lipinski definition) is 2. The molecule has 0 aromatic heterocycles. The van der Waals surface area contributed by atoms with Gasteiger partial charge in [0, 0.05) is 6.61 Å². The average molecular weight is 132 g/mol. The van der Waals surface area contributed by atoms with Gasteiger partial charge in [0.1, 0.15) is 0 Å². The Morgan fingerprint density at radius 1 is 1.44 bits per heavy atom. The van der Waals surface area contributed by atoms with Gasteiger partial charge in [-0.25, -0.2) is 0 Å². The summed E-state index contributed by atoms with van der Waals surface area (Å²) in [6, 6.07) is 0. The van der Waals surface area contributed by atoms with E-state index in [9.17, 15) is 0 Å². The number of aliphatic hydroxyl groups is 1. The normalized spacial score (nSPS) is 13.7. The van der Waals surface area contributed by atoms with Crippen LogP contribution >= 0.6 is 0 Å². The van der Waals surface area contributed by atoms with E-state index in [0.29, 0.717) is 13.0 Å². The van der Waals surface area contributed by atoms with Crippen molar-refractivity contribution in [1.29, 1.82) is 0 Å². The van der Waals surface area contributed by atoms with Crippen molar-refractivity contribution < 1.29 is 9.84 Å². The van der Waals surface area contributed by atoms with Gasteiger partial charge in [-0.05, 0) is 12.8 Å². The molecule has 0 amide bonds. The van der Waals surface area contributed by atoms with Crippen LogP contribution in [0.4, 0.5) is 0 Å². The second-order valence-electron chi connectivity index (χ2n) is 2.09. The topological polar surface area (TPSA) is 29.5 Å². The van der Waals surface area contributed by atoms with E-state index in [1.807, 2.05) is 6.92 Å². The fourth-order valence-corrected chi connectivity index (χ4v) is 0.482. The summed E-state index contributed by atoms with van der Waals surface area (Å²) < 4.78 is 4.99. The van der Waals surface area contributed by atoms with Gasteiger partial charge in [0.15, 0.2) is 6.29 Å². The molecule has 0 saturated heterocycles. The van der Waals surface area contributed by atoms with E-state index < -0.39 is 6.29 Å². The average Bonchev–Trinajstić information content (AvgIpc) is 1.89. The quantitative estimate of drug-likeness (QED) is 0.454. The summed E-state index contributed by atoms with van der Waals surface area (Å²) in [5.41, 5.74) is 0. The molecule has 0 heterocycles. The largest absolute Gasteiger partial charge is 0.368 e. The fraction of sp³-hybridized carbons (Fsp3) is 1.00. The Balaban J connectivity index is 2.88. The zero-order chi connectivity index (χ0) is 7.11. The molecule has 0 rings (SSSR count). The molecule has 0 fully saturated rings. The van der Waals surface area contributed by atoms with E-state index in [1.54, 1.807) is 0 Å².